The number of likely N-dealkylation sites (N-methyl/N-ethyl adjacent to an activating group) is 1. The Kier molecular flexibility index (Phi) is 5.62. The lowest BCUT2D eigenvalue weighted by Crippen LogP contribution is -2.30. The van der Waals surface area contributed by atoms with E-state index in [1.54, 1.807) is 13.0 Å². The molecular formula is C25H25N3O3. The summed E-state index contributed by atoms with van der Waals surface area (Å²) >= 11 is 0. The van der Waals surface area contributed by atoms with Crippen molar-refractivity contribution in [1.29, 1.82) is 0 Å². The van der Waals surface area contributed by atoms with Gasteiger partial charge in [0.2, 0.25) is 0 Å². The number of rotatable bonds is 6. The van der Waals surface area contributed by atoms with Gasteiger partial charge in [0.1, 0.15) is 18.1 Å². The number of ether oxygens (including phenoxy) is 1. The van der Waals surface area contributed by atoms with Gasteiger partial charge in [0.25, 0.3) is 5.91 Å². The van der Waals surface area contributed by atoms with E-state index >= 15 is 0 Å². The second-order valence-electron chi connectivity index (χ2n) is 7.47. The summed E-state index contributed by atoms with van der Waals surface area (Å²) in [6.07, 6.45) is 1.74. The highest BCUT2D eigenvalue weighted by molar-refractivity contribution is 6.14. The van der Waals surface area contributed by atoms with Crippen molar-refractivity contribution < 1.29 is 14.3 Å². The number of urea groups is 1. The van der Waals surface area contributed by atoms with E-state index in [2.05, 4.69) is 9.88 Å². The summed E-state index contributed by atoms with van der Waals surface area (Å²) in [4.78, 5) is 25.5. The van der Waals surface area contributed by atoms with Gasteiger partial charge in [-0.25, -0.2) is 4.79 Å². The zero-order chi connectivity index (χ0) is 22.0. The molecule has 6 heteroatoms. The van der Waals surface area contributed by atoms with Crippen LogP contribution in [0.4, 0.5) is 4.79 Å². The normalized spacial score (nSPS) is 14.9. The van der Waals surface area contributed by atoms with E-state index in [1.807, 2.05) is 74.5 Å². The van der Waals surface area contributed by atoms with Gasteiger partial charge in [0.15, 0.2) is 0 Å². The molecular weight excluding hydrogens is 390 g/mol. The fourth-order valence-electron chi connectivity index (χ4n) is 3.78. The average Bonchev–Trinajstić information content (AvgIpc) is 3.21. The summed E-state index contributed by atoms with van der Waals surface area (Å²) in [5.41, 5.74) is 5.34. The summed E-state index contributed by atoms with van der Waals surface area (Å²) in [5, 5.41) is 2.66. The lowest BCUT2D eigenvalue weighted by atomic mass is 10.2. The molecule has 2 aromatic carbocycles. The average molecular weight is 415 g/mol. The zero-order valence-electron chi connectivity index (χ0n) is 17.9. The number of nitrogens with zero attached hydrogens (tertiary/aromatic N) is 2. The smallest absolute Gasteiger partial charge is 0.328 e. The second kappa shape index (κ2) is 8.52. The lowest BCUT2D eigenvalue weighted by Gasteiger charge is -2.11. The van der Waals surface area contributed by atoms with E-state index in [-0.39, 0.29) is 11.9 Å². The minimum Gasteiger partial charge on any atom is -0.489 e. The number of benzene rings is 2. The molecule has 0 radical (unpaired) electrons. The summed E-state index contributed by atoms with van der Waals surface area (Å²) in [5.74, 6) is 0.508. The van der Waals surface area contributed by atoms with Crippen LogP contribution < -0.4 is 10.1 Å². The molecule has 2 heterocycles. The third-order valence-corrected chi connectivity index (χ3v) is 5.39. The van der Waals surface area contributed by atoms with Gasteiger partial charge in [-0.1, -0.05) is 30.3 Å². The van der Waals surface area contributed by atoms with Gasteiger partial charge in [-0.3, -0.25) is 9.69 Å². The van der Waals surface area contributed by atoms with Crippen molar-refractivity contribution in [2.45, 2.75) is 27.4 Å². The van der Waals surface area contributed by atoms with Crippen LogP contribution in [0.2, 0.25) is 0 Å². The minimum atomic E-state index is -0.376. The molecule has 1 aliphatic heterocycles. The van der Waals surface area contributed by atoms with Gasteiger partial charge in [0.05, 0.1) is 0 Å². The van der Waals surface area contributed by atoms with Crippen molar-refractivity contribution in [2.24, 2.45) is 0 Å². The SMILES string of the molecule is CCN1C(=O)N/C(=C/c2cc(C)n(-c3ccc(OCc4ccccc4)cc3)c2C)C1=O. The number of aromatic nitrogens is 1. The molecule has 1 aliphatic rings. The van der Waals surface area contributed by atoms with E-state index in [4.69, 9.17) is 4.74 Å². The Labute approximate surface area is 181 Å². The van der Waals surface area contributed by atoms with Gasteiger partial charge in [-0.2, -0.15) is 0 Å². The fraction of sp³-hybridized carbons (Fsp3) is 0.200. The summed E-state index contributed by atoms with van der Waals surface area (Å²) in [6.45, 7) is 6.66. The third kappa shape index (κ3) is 4.10. The molecule has 3 amide bonds. The van der Waals surface area contributed by atoms with Gasteiger partial charge < -0.3 is 14.6 Å². The molecule has 1 aromatic heterocycles. The molecule has 0 aliphatic carbocycles. The molecule has 158 valence electrons. The van der Waals surface area contributed by atoms with Gasteiger partial charge >= 0.3 is 6.03 Å². The number of carbonyl (C=O) groups is 2. The van der Waals surface area contributed by atoms with E-state index in [1.165, 1.54) is 4.90 Å². The molecule has 3 aromatic rings. The molecule has 0 atom stereocenters. The van der Waals surface area contributed by atoms with Crippen molar-refractivity contribution in [2.75, 3.05) is 6.54 Å². The van der Waals surface area contributed by atoms with Crippen LogP contribution in [0.1, 0.15) is 29.4 Å². The summed E-state index contributed by atoms with van der Waals surface area (Å²) in [7, 11) is 0. The Balaban J connectivity index is 1.54. The Morgan fingerprint density at radius 2 is 1.71 bits per heavy atom. The number of hydrogen-bond donors (Lipinski definition) is 1. The van der Waals surface area contributed by atoms with E-state index in [0.29, 0.717) is 18.8 Å². The largest absolute Gasteiger partial charge is 0.489 e. The van der Waals surface area contributed by atoms with Crippen LogP contribution in [-0.4, -0.2) is 28.0 Å². The fourth-order valence-corrected chi connectivity index (χ4v) is 3.78. The maximum Gasteiger partial charge on any atom is 0.328 e. The highest BCUT2D eigenvalue weighted by Crippen LogP contribution is 2.25. The standard InChI is InChI=1S/C25H25N3O3/c1-4-27-24(29)23(26-25(27)30)15-20-14-17(2)28(18(20)3)21-10-12-22(13-11-21)31-16-19-8-6-5-7-9-19/h5-15H,4,16H2,1-3H3,(H,26,30)/b23-15+. The van der Waals surface area contributed by atoms with Crippen LogP contribution >= 0.6 is 0 Å². The molecule has 0 saturated carbocycles. The van der Waals surface area contributed by atoms with E-state index < -0.39 is 0 Å². The molecule has 6 nitrogen and oxygen atoms in total. The van der Waals surface area contributed by atoms with Gasteiger partial charge in [0, 0.05) is 23.6 Å². The van der Waals surface area contributed by atoms with Gasteiger partial charge in [-0.15, -0.1) is 0 Å². The number of nitrogens with one attached hydrogen (secondary N) is 1. The van der Waals surface area contributed by atoms with Crippen molar-refractivity contribution in [3.63, 3.8) is 0 Å². The first kappa shape index (κ1) is 20.5. The van der Waals surface area contributed by atoms with Crippen LogP contribution in [0, 0.1) is 13.8 Å². The Hall–Kier alpha value is -3.80. The molecule has 0 unspecified atom stereocenters. The van der Waals surface area contributed by atoms with Crippen molar-refractivity contribution in [1.82, 2.24) is 14.8 Å². The third-order valence-electron chi connectivity index (χ3n) is 5.39. The molecule has 0 spiro atoms. The second-order valence-corrected chi connectivity index (χ2v) is 7.47. The molecule has 1 saturated heterocycles. The summed E-state index contributed by atoms with van der Waals surface area (Å²) < 4.78 is 8.00. The van der Waals surface area contributed by atoms with Crippen LogP contribution in [0.15, 0.2) is 66.4 Å². The minimum absolute atomic E-state index is 0.294. The van der Waals surface area contributed by atoms with Crippen molar-refractivity contribution >= 4 is 18.0 Å². The van der Waals surface area contributed by atoms with Crippen molar-refractivity contribution in [3.8, 4) is 11.4 Å². The highest BCUT2D eigenvalue weighted by atomic mass is 16.5. The maximum absolute atomic E-state index is 12.4. The predicted molar refractivity (Wildman–Crippen MR) is 120 cm³/mol. The van der Waals surface area contributed by atoms with Crippen molar-refractivity contribution in [3.05, 3.63) is 88.9 Å². The molecule has 1 N–H and O–H groups in total. The molecule has 4 rings (SSSR count). The number of hydrogen-bond acceptors (Lipinski definition) is 3. The molecule has 1 fully saturated rings. The summed E-state index contributed by atoms with van der Waals surface area (Å²) in [6, 6.07) is 19.6. The first-order valence-electron chi connectivity index (χ1n) is 10.3. The van der Waals surface area contributed by atoms with E-state index in [0.717, 1.165) is 34.0 Å². The predicted octanol–water partition coefficient (Wildman–Crippen LogP) is 4.59. The quantitative estimate of drug-likeness (QED) is 0.473. The first-order valence-corrected chi connectivity index (χ1v) is 10.3. The Morgan fingerprint density at radius 1 is 1.00 bits per heavy atom. The zero-order valence-corrected chi connectivity index (χ0v) is 17.9. The topological polar surface area (TPSA) is 63.6 Å². The van der Waals surface area contributed by atoms with Crippen LogP contribution in [0.25, 0.3) is 11.8 Å². The Morgan fingerprint density at radius 3 is 2.35 bits per heavy atom. The molecule has 31 heavy (non-hydrogen) atoms. The number of amides is 3. The van der Waals surface area contributed by atoms with E-state index in [9.17, 15) is 9.59 Å². The number of carbonyl (C=O) groups excluding carboxylic acids is 2. The first-order chi connectivity index (χ1) is 15.0. The monoisotopic (exact) mass is 415 g/mol. The van der Waals surface area contributed by atoms with Crippen LogP contribution in [0.3, 0.4) is 0 Å². The molecule has 0 bridgehead atoms. The van der Waals surface area contributed by atoms with Gasteiger partial charge in [-0.05, 0) is 68.3 Å². The number of imide groups is 1. The lowest BCUT2D eigenvalue weighted by molar-refractivity contribution is -0.122. The highest BCUT2D eigenvalue weighted by Gasteiger charge is 2.32. The van der Waals surface area contributed by atoms with Crippen LogP contribution in [-0.2, 0) is 11.4 Å². The van der Waals surface area contributed by atoms with Crippen LogP contribution in [0.5, 0.6) is 5.75 Å². The number of aryl methyl sites for hydroxylation is 1. The maximum atomic E-state index is 12.4. The Bertz CT molecular complexity index is 1140.